The average molecular weight is 425 g/mol. The molecule has 2 aromatic heterocycles. The third kappa shape index (κ3) is 4.00. The van der Waals surface area contributed by atoms with Crippen LogP contribution in [0.3, 0.4) is 0 Å². The summed E-state index contributed by atoms with van der Waals surface area (Å²) in [5, 5.41) is 4.55. The maximum atomic E-state index is 12.7. The fourth-order valence-corrected chi connectivity index (χ4v) is 4.09. The van der Waals surface area contributed by atoms with Crippen LogP contribution in [0.1, 0.15) is 25.3 Å². The van der Waals surface area contributed by atoms with Crippen molar-refractivity contribution < 1.29 is 9.53 Å². The number of fused-ring (bicyclic) bond motifs is 1. The molecule has 0 saturated carbocycles. The monoisotopic (exact) mass is 424 g/mol. The normalized spacial score (nSPS) is 14.0. The molecule has 0 aliphatic carbocycles. The first-order valence-electron chi connectivity index (χ1n) is 10.1. The zero-order valence-electron chi connectivity index (χ0n) is 17.2. The van der Waals surface area contributed by atoms with Gasteiger partial charge in [-0.15, -0.1) is 0 Å². The maximum Gasteiger partial charge on any atom is 0.322 e. The molecule has 0 saturated heterocycles. The van der Waals surface area contributed by atoms with Crippen LogP contribution in [0.4, 0.5) is 10.5 Å². The Balaban J connectivity index is 1.49. The Kier molecular flexibility index (Phi) is 5.95. The number of urea groups is 1. The van der Waals surface area contributed by atoms with Gasteiger partial charge in [0.05, 0.1) is 12.1 Å². The van der Waals surface area contributed by atoms with E-state index in [2.05, 4.69) is 40.1 Å². The van der Waals surface area contributed by atoms with E-state index >= 15 is 0 Å². The van der Waals surface area contributed by atoms with Gasteiger partial charge in [0.1, 0.15) is 11.4 Å². The van der Waals surface area contributed by atoms with Crippen LogP contribution in [-0.2, 0) is 6.54 Å². The largest absolute Gasteiger partial charge is 0.495 e. The van der Waals surface area contributed by atoms with Gasteiger partial charge < -0.3 is 19.5 Å². The van der Waals surface area contributed by atoms with Crippen LogP contribution in [0.15, 0.2) is 48.8 Å². The number of nitrogens with zero attached hydrogens (tertiary/aromatic N) is 3. The molecule has 0 unspecified atom stereocenters. The standard InChI is InChI=1S/C23H25ClN4O2/c1-3-11-28-15-19(18-5-4-10-25-22(18)28)16-8-12-27(13-9-16)23(29)26-17-6-7-21(30-2)20(24)14-17/h4-8,10,14-15H,3,9,11-13H2,1-2H3,(H,26,29). The van der Waals surface area contributed by atoms with Crippen molar-refractivity contribution in [2.45, 2.75) is 26.3 Å². The Hall–Kier alpha value is -2.99. The number of halogens is 1. The summed E-state index contributed by atoms with van der Waals surface area (Å²) in [6.45, 7) is 4.33. The molecule has 1 aliphatic heterocycles. The molecule has 7 heteroatoms. The number of nitrogens with one attached hydrogen (secondary N) is 1. The van der Waals surface area contributed by atoms with E-state index in [1.54, 1.807) is 30.2 Å². The molecule has 0 radical (unpaired) electrons. The van der Waals surface area contributed by atoms with E-state index in [1.165, 1.54) is 16.5 Å². The van der Waals surface area contributed by atoms with Gasteiger partial charge in [0, 0.05) is 48.7 Å². The fraction of sp³-hybridized carbons (Fsp3) is 0.304. The number of aryl methyl sites for hydroxylation is 1. The zero-order chi connectivity index (χ0) is 21.1. The van der Waals surface area contributed by atoms with Crippen LogP contribution >= 0.6 is 11.6 Å². The summed E-state index contributed by atoms with van der Waals surface area (Å²) in [5.41, 5.74) is 4.15. The van der Waals surface area contributed by atoms with Crippen molar-refractivity contribution in [2.75, 3.05) is 25.5 Å². The first-order chi connectivity index (χ1) is 14.6. The second-order valence-corrected chi connectivity index (χ2v) is 7.72. The number of methoxy groups -OCH3 is 1. The van der Waals surface area contributed by atoms with Gasteiger partial charge in [0.2, 0.25) is 0 Å². The van der Waals surface area contributed by atoms with E-state index in [4.69, 9.17) is 16.3 Å². The lowest BCUT2D eigenvalue weighted by atomic mass is 10.00. The lowest BCUT2D eigenvalue weighted by Gasteiger charge is -2.26. The van der Waals surface area contributed by atoms with E-state index in [-0.39, 0.29) is 6.03 Å². The van der Waals surface area contributed by atoms with Gasteiger partial charge in [-0.25, -0.2) is 9.78 Å². The van der Waals surface area contributed by atoms with Crippen molar-refractivity contribution in [1.82, 2.24) is 14.5 Å². The van der Waals surface area contributed by atoms with Gasteiger partial charge in [0.15, 0.2) is 0 Å². The van der Waals surface area contributed by atoms with Crippen LogP contribution < -0.4 is 10.1 Å². The molecule has 3 heterocycles. The summed E-state index contributed by atoms with van der Waals surface area (Å²) in [6.07, 6.45) is 8.04. The van der Waals surface area contributed by atoms with E-state index in [0.717, 1.165) is 25.0 Å². The van der Waals surface area contributed by atoms with E-state index in [0.29, 0.717) is 29.5 Å². The summed E-state index contributed by atoms with van der Waals surface area (Å²) in [7, 11) is 1.56. The Morgan fingerprint density at radius 2 is 2.20 bits per heavy atom. The van der Waals surface area contributed by atoms with Crippen molar-refractivity contribution in [3.63, 3.8) is 0 Å². The van der Waals surface area contributed by atoms with E-state index in [1.807, 2.05) is 12.3 Å². The molecule has 0 fully saturated rings. The molecule has 2 amide bonds. The van der Waals surface area contributed by atoms with Gasteiger partial charge in [0.25, 0.3) is 0 Å². The number of hydrogen-bond donors (Lipinski definition) is 1. The maximum absolute atomic E-state index is 12.7. The van der Waals surface area contributed by atoms with Crippen LogP contribution in [0.2, 0.25) is 5.02 Å². The number of amides is 2. The molecular formula is C23H25ClN4O2. The molecule has 30 heavy (non-hydrogen) atoms. The molecule has 4 rings (SSSR count). The SMILES string of the molecule is CCCn1cc(C2=CCN(C(=O)Nc3ccc(OC)c(Cl)c3)CC2)c2cccnc21. The van der Waals surface area contributed by atoms with Crippen molar-refractivity contribution in [3.05, 3.63) is 59.4 Å². The number of ether oxygens (including phenoxy) is 1. The van der Waals surface area contributed by atoms with Crippen LogP contribution in [0.5, 0.6) is 5.75 Å². The molecule has 1 N–H and O–H groups in total. The van der Waals surface area contributed by atoms with E-state index in [9.17, 15) is 4.79 Å². The Labute approximate surface area is 181 Å². The topological polar surface area (TPSA) is 59.4 Å². The highest BCUT2D eigenvalue weighted by molar-refractivity contribution is 6.32. The second-order valence-electron chi connectivity index (χ2n) is 7.32. The van der Waals surface area contributed by atoms with Crippen LogP contribution in [0.25, 0.3) is 16.6 Å². The number of hydrogen-bond acceptors (Lipinski definition) is 3. The zero-order valence-corrected chi connectivity index (χ0v) is 17.9. The predicted octanol–water partition coefficient (Wildman–Crippen LogP) is 5.43. The smallest absolute Gasteiger partial charge is 0.322 e. The minimum absolute atomic E-state index is 0.137. The first-order valence-corrected chi connectivity index (χ1v) is 10.5. The number of carbonyl (C=O) groups is 1. The lowest BCUT2D eigenvalue weighted by molar-refractivity contribution is 0.217. The molecule has 0 spiro atoms. The summed E-state index contributed by atoms with van der Waals surface area (Å²) in [5.74, 6) is 0.580. The van der Waals surface area contributed by atoms with Crippen molar-refractivity contribution in [2.24, 2.45) is 0 Å². The summed E-state index contributed by atoms with van der Waals surface area (Å²) < 4.78 is 7.37. The molecule has 3 aromatic rings. The first kappa shape index (κ1) is 20.3. The minimum atomic E-state index is -0.137. The number of benzene rings is 1. The number of anilines is 1. The third-order valence-electron chi connectivity index (χ3n) is 5.34. The Morgan fingerprint density at radius 3 is 2.90 bits per heavy atom. The van der Waals surface area contributed by atoms with Gasteiger partial charge >= 0.3 is 6.03 Å². The third-order valence-corrected chi connectivity index (χ3v) is 5.64. The van der Waals surface area contributed by atoms with Gasteiger partial charge in [-0.05, 0) is 48.7 Å². The quantitative estimate of drug-likeness (QED) is 0.594. The highest BCUT2D eigenvalue weighted by atomic mass is 35.5. The average Bonchev–Trinajstić information content (AvgIpc) is 3.13. The highest BCUT2D eigenvalue weighted by Gasteiger charge is 2.21. The minimum Gasteiger partial charge on any atom is -0.495 e. The number of aromatic nitrogens is 2. The number of carbonyl (C=O) groups excluding carboxylic acids is 1. The molecule has 1 aliphatic rings. The summed E-state index contributed by atoms with van der Waals surface area (Å²) >= 11 is 6.15. The molecule has 6 nitrogen and oxygen atoms in total. The van der Waals surface area contributed by atoms with Gasteiger partial charge in [-0.1, -0.05) is 24.6 Å². The van der Waals surface area contributed by atoms with Crippen molar-refractivity contribution in [1.29, 1.82) is 0 Å². The number of pyridine rings is 1. The summed E-state index contributed by atoms with van der Waals surface area (Å²) in [6, 6.07) is 9.18. The molecule has 156 valence electrons. The van der Waals surface area contributed by atoms with Crippen LogP contribution in [0, 0.1) is 0 Å². The van der Waals surface area contributed by atoms with Crippen molar-refractivity contribution >= 4 is 39.9 Å². The molecular weight excluding hydrogens is 400 g/mol. The Morgan fingerprint density at radius 1 is 1.33 bits per heavy atom. The highest BCUT2D eigenvalue weighted by Crippen LogP contribution is 2.31. The summed E-state index contributed by atoms with van der Waals surface area (Å²) in [4.78, 5) is 19.0. The van der Waals surface area contributed by atoms with Crippen molar-refractivity contribution in [3.8, 4) is 5.75 Å². The molecule has 1 aromatic carbocycles. The molecule has 0 bridgehead atoms. The second kappa shape index (κ2) is 8.79. The van der Waals surface area contributed by atoms with Crippen LogP contribution in [-0.4, -0.2) is 40.7 Å². The van der Waals surface area contributed by atoms with Gasteiger partial charge in [-0.3, -0.25) is 0 Å². The predicted molar refractivity (Wildman–Crippen MR) is 121 cm³/mol. The van der Waals surface area contributed by atoms with E-state index < -0.39 is 0 Å². The number of rotatable bonds is 5. The van der Waals surface area contributed by atoms with Gasteiger partial charge in [-0.2, -0.15) is 0 Å². The lowest BCUT2D eigenvalue weighted by Crippen LogP contribution is -2.37. The Bertz CT molecular complexity index is 1110. The fourth-order valence-electron chi connectivity index (χ4n) is 3.83. The molecule has 0 atom stereocenters.